The van der Waals surface area contributed by atoms with Gasteiger partial charge in [0, 0.05) is 6.42 Å². The number of sulfone groups is 1. The molecule has 1 heterocycles. The van der Waals surface area contributed by atoms with Crippen LogP contribution >= 0.6 is 0 Å². The Morgan fingerprint density at radius 3 is 2.61 bits per heavy atom. The monoisotopic (exact) mass is 268 g/mol. The second-order valence-electron chi connectivity index (χ2n) is 4.53. The molecule has 0 bridgehead atoms. The maximum absolute atomic E-state index is 12.1. The fraction of sp³-hybridized carbons (Fsp3) is 0.462. The number of carbonyl (C=O) groups excluding carboxylic acids is 1. The van der Waals surface area contributed by atoms with Crippen LogP contribution in [0.2, 0.25) is 0 Å². The van der Waals surface area contributed by atoms with E-state index in [0.29, 0.717) is 12.8 Å². The Kier molecular flexibility index (Phi) is 3.82. The molecule has 4 nitrogen and oxygen atoms in total. The summed E-state index contributed by atoms with van der Waals surface area (Å²) in [5, 5.41) is 0. The van der Waals surface area contributed by atoms with E-state index in [9.17, 15) is 13.2 Å². The Labute approximate surface area is 107 Å². The van der Waals surface area contributed by atoms with Crippen molar-refractivity contribution in [1.82, 2.24) is 0 Å². The topological polar surface area (TPSA) is 60.4 Å². The summed E-state index contributed by atoms with van der Waals surface area (Å²) in [5.74, 6) is -0.382. The van der Waals surface area contributed by atoms with Gasteiger partial charge in [-0.1, -0.05) is 18.2 Å². The first kappa shape index (κ1) is 13.2. The summed E-state index contributed by atoms with van der Waals surface area (Å²) in [6.45, 7) is 1.86. The maximum atomic E-state index is 12.1. The molecule has 5 heteroatoms. The van der Waals surface area contributed by atoms with Crippen LogP contribution in [0.25, 0.3) is 0 Å². The molecule has 1 saturated heterocycles. The van der Waals surface area contributed by atoms with E-state index in [1.54, 1.807) is 18.2 Å². The second-order valence-corrected chi connectivity index (χ2v) is 6.57. The molecular formula is C13H16O4S. The number of benzene rings is 1. The van der Waals surface area contributed by atoms with Crippen LogP contribution in [-0.2, 0) is 19.4 Å². The molecule has 2 atom stereocenters. The van der Waals surface area contributed by atoms with Gasteiger partial charge >= 0.3 is 0 Å². The Morgan fingerprint density at radius 1 is 1.28 bits per heavy atom. The zero-order valence-electron chi connectivity index (χ0n) is 10.2. The highest BCUT2D eigenvalue weighted by molar-refractivity contribution is 7.91. The number of ether oxygens (including phenoxy) is 1. The van der Waals surface area contributed by atoms with Gasteiger partial charge in [0.2, 0.25) is 0 Å². The third-order valence-electron chi connectivity index (χ3n) is 3.03. The number of hydrogen-bond donors (Lipinski definition) is 0. The minimum atomic E-state index is -3.46. The molecule has 0 saturated carbocycles. The van der Waals surface area contributed by atoms with Crippen molar-refractivity contribution in [1.29, 1.82) is 0 Å². The summed E-state index contributed by atoms with van der Waals surface area (Å²) < 4.78 is 29.7. The Balaban J connectivity index is 2.15. The summed E-state index contributed by atoms with van der Waals surface area (Å²) in [5.41, 5.74) is 0. The van der Waals surface area contributed by atoms with Gasteiger partial charge in [-0.3, -0.25) is 4.79 Å². The van der Waals surface area contributed by atoms with Gasteiger partial charge in [-0.25, -0.2) is 8.42 Å². The van der Waals surface area contributed by atoms with E-state index in [4.69, 9.17) is 4.74 Å². The lowest BCUT2D eigenvalue weighted by atomic mass is 10.0. The highest BCUT2D eigenvalue weighted by Gasteiger charge is 2.32. The van der Waals surface area contributed by atoms with Gasteiger partial charge in [0.15, 0.2) is 15.6 Å². The molecular weight excluding hydrogens is 252 g/mol. The van der Waals surface area contributed by atoms with Crippen LogP contribution in [0.5, 0.6) is 0 Å². The molecule has 1 aromatic rings. The molecule has 1 aliphatic heterocycles. The summed E-state index contributed by atoms with van der Waals surface area (Å²) in [6, 6.07) is 8.15. The summed E-state index contributed by atoms with van der Waals surface area (Å²) in [4.78, 5) is 11.9. The zero-order valence-corrected chi connectivity index (χ0v) is 11.0. The number of ketones is 1. The molecule has 18 heavy (non-hydrogen) atoms. The maximum Gasteiger partial charge on any atom is 0.181 e. The van der Waals surface area contributed by atoms with Crippen molar-refractivity contribution < 1.29 is 17.9 Å². The smallest absolute Gasteiger partial charge is 0.181 e. The molecule has 0 amide bonds. The summed E-state index contributed by atoms with van der Waals surface area (Å²) in [6.07, 6.45) is 0.189. The van der Waals surface area contributed by atoms with Crippen molar-refractivity contribution in [3.63, 3.8) is 0 Å². The minimum absolute atomic E-state index is 0.0568. The van der Waals surface area contributed by atoms with E-state index < -0.39 is 15.9 Å². The van der Waals surface area contributed by atoms with E-state index in [1.165, 1.54) is 12.1 Å². The van der Waals surface area contributed by atoms with Crippen LogP contribution in [0.15, 0.2) is 35.2 Å². The third-order valence-corrected chi connectivity index (χ3v) is 4.76. The van der Waals surface area contributed by atoms with Crippen LogP contribution in [0.3, 0.4) is 0 Å². The van der Waals surface area contributed by atoms with Crippen LogP contribution in [0.1, 0.15) is 19.8 Å². The molecule has 1 aromatic carbocycles. The standard InChI is InChI=1S/C13H16O4S/c1-10-7-8-12(14)13(17-10)9-18(15,16)11-5-3-2-4-6-11/h2-6,10,13H,7-9H2,1H3/t10-,13-/m0/s1. The molecule has 0 radical (unpaired) electrons. The van der Waals surface area contributed by atoms with Gasteiger partial charge in [-0.05, 0) is 25.5 Å². The van der Waals surface area contributed by atoms with Crippen LogP contribution < -0.4 is 0 Å². The van der Waals surface area contributed by atoms with Crippen molar-refractivity contribution >= 4 is 15.6 Å². The van der Waals surface area contributed by atoms with E-state index in [1.807, 2.05) is 6.92 Å². The molecule has 0 unspecified atom stereocenters. The highest BCUT2D eigenvalue weighted by atomic mass is 32.2. The van der Waals surface area contributed by atoms with Gasteiger partial charge in [-0.2, -0.15) is 0 Å². The van der Waals surface area contributed by atoms with E-state index in [2.05, 4.69) is 0 Å². The van der Waals surface area contributed by atoms with Crippen LogP contribution in [0.4, 0.5) is 0 Å². The average Bonchev–Trinajstić information content (AvgIpc) is 2.35. The van der Waals surface area contributed by atoms with E-state index in [0.717, 1.165) is 0 Å². The molecule has 98 valence electrons. The predicted octanol–water partition coefficient (Wildman–Crippen LogP) is 1.60. The molecule has 0 N–H and O–H groups in total. The largest absolute Gasteiger partial charge is 0.366 e. The lowest BCUT2D eigenvalue weighted by Gasteiger charge is -2.26. The summed E-state index contributed by atoms with van der Waals surface area (Å²) in [7, 11) is -3.46. The summed E-state index contributed by atoms with van der Waals surface area (Å²) >= 11 is 0. The van der Waals surface area contributed by atoms with E-state index in [-0.39, 0.29) is 22.5 Å². The molecule has 0 aliphatic carbocycles. The molecule has 1 fully saturated rings. The van der Waals surface area contributed by atoms with Gasteiger partial charge in [0.25, 0.3) is 0 Å². The number of rotatable bonds is 3. The van der Waals surface area contributed by atoms with Crippen molar-refractivity contribution in [3.05, 3.63) is 30.3 Å². The van der Waals surface area contributed by atoms with Gasteiger partial charge in [0.1, 0.15) is 6.10 Å². The van der Waals surface area contributed by atoms with Crippen LogP contribution in [0, 0.1) is 0 Å². The van der Waals surface area contributed by atoms with Crippen LogP contribution in [-0.4, -0.2) is 32.2 Å². The van der Waals surface area contributed by atoms with Gasteiger partial charge in [0.05, 0.1) is 16.8 Å². The van der Waals surface area contributed by atoms with Crippen molar-refractivity contribution in [2.75, 3.05) is 5.75 Å². The zero-order chi connectivity index (χ0) is 13.2. The fourth-order valence-electron chi connectivity index (χ4n) is 1.99. The highest BCUT2D eigenvalue weighted by Crippen LogP contribution is 2.20. The van der Waals surface area contributed by atoms with Crippen molar-refractivity contribution in [3.8, 4) is 0 Å². The molecule has 1 aliphatic rings. The Hall–Kier alpha value is -1.20. The molecule has 0 spiro atoms. The average molecular weight is 268 g/mol. The van der Waals surface area contributed by atoms with Crippen molar-refractivity contribution in [2.24, 2.45) is 0 Å². The molecule has 0 aromatic heterocycles. The van der Waals surface area contributed by atoms with Gasteiger partial charge < -0.3 is 4.74 Å². The predicted molar refractivity (Wildman–Crippen MR) is 67.1 cm³/mol. The molecule has 2 rings (SSSR count). The lowest BCUT2D eigenvalue weighted by molar-refractivity contribution is -0.139. The third kappa shape index (κ3) is 2.97. The van der Waals surface area contributed by atoms with Gasteiger partial charge in [-0.15, -0.1) is 0 Å². The quantitative estimate of drug-likeness (QED) is 0.835. The normalized spacial score (nSPS) is 25.1. The number of carbonyl (C=O) groups is 1. The van der Waals surface area contributed by atoms with E-state index >= 15 is 0 Å². The first-order chi connectivity index (χ1) is 8.49. The minimum Gasteiger partial charge on any atom is -0.366 e. The number of Topliss-reactive ketones (excluding diaryl/α,β-unsaturated/α-hetero) is 1. The first-order valence-corrected chi connectivity index (χ1v) is 7.60. The Bertz CT molecular complexity index is 521. The lowest BCUT2D eigenvalue weighted by Crippen LogP contribution is -2.39. The SMILES string of the molecule is C[C@H]1CCC(=O)[C@H](CS(=O)(=O)c2ccccc2)O1. The number of hydrogen-bond acceptors (Lipinski definition) is 4. The van der Waals surface area contributed by atoms with Crippen molar-refractivity contribution in [2.45, 2.75) is 36.9 Å². The fourth-order valence-corrected chi connectivity index (χ4v) is 3.41. The Morgan fingerprint density at radius 2 is 1.94 bits per heavy atom. The second kappa shape index (κ2) is 5.20. The first-order valence-electron chi connectivity index (χ1n) is 5.95.